The number of fused-ring (bicyclic) bond motifs is 2. The summed E-state index contributed by atoms with van der Waals surface area (Å²) in [5.41, 5.74) is 6.67. The second-order valence-corrected chi connectivity index (χ2v) is 11.2. The van der Waals surface area contributed by atoms with Crippen molar-refractivity contribution in [1.29, 1.82) is 0 Å². The van der Waals surface area contributed by atoms with Crippen LogP contribution in [0.3, 0.4) is 0 Å². The highest BCUT2D eigenvalue weighted by Gasteiger charge is 2.33. The molecule has 4 aromatic carbocycles. The molecular weight excluding hydrogens is 668 g/mol. The average Bonchev–Trinajstić information content (AvgIpc) is 3.47. The third-order valence-corrected chi connectivity index (χ3v) is 8.84. The van der Waals surface area contributed by atoms with E-state index in [1.165, 1.54) is 15.2 Å². The van der Waals surface area contributed by atoms with Crippen molar-refractivity contribution in [3.8, 4) is 0 Å². The number of hydrogen-bond acceptors (Lipinski definition) is 3. The Morgan fingerprint density at radius 2 is 1.45 bits per heavy atom. The molecule has 1 aliphatic heterocycles. The lowest BCUT2D eigenvalue weighted by Gasteiger charge is -2.25. The third-order valence-electron chi connectivity index (χ3n) is 7.01. The summed E-state index contributed by atoms with van der Waals surface area (Å²) >= 11 is 14.9. The van der Waals surface area contributed by atoms with Gasteiger partial charge in [-0.25, -0.2) is 0 Å². The van der Waals surface area contributed by atoms with Crippen LogP contribution >= 0.6 is 34.5 Å². The van der Waals surface area contributed by atoms with Gasteiger partial charge in [0.2, 0.25) is 5.52 Å². The molecule has 6 rings (SSSR count). The van der Waals surface area contributed by atoms with E-state index in [1.807, 2.05) is 29.5 Å². The predicted octanol–water partition coefficient (Wildman–Crippen LogP) is 6.58. The third kappa shape index (κ3) is 5.28. The zero-order valence-electron chi connectivity index (χ0n) is 22.2. The first kappa shape index (κ1) is 28.7. The zero-order chi connectivity index (χ0) is 26.9. The summed E-state index contributed by atoms with van der Waals surface area (Å²) in [7, 11) is 0. The Bertz CT molecular complexity index is 1710. The summed E-state index contributed by atoms with van der Waals surface area (Å²) in [5.74, 6) is 1.05. The molecule has 0 fully saturated rings. The number of aryl methyl sites for hydroxylation is 1. The summed E-state index contributed by atoms with van der Waals surface area (Å²) in [6.45, 7) is 6.04. The van der Waals surface area contributed by atoms with Gasteiger partial charge in [0.05, 0.1) is 21.4 Å². The molecule has 5 aromatic rings. The monoisotopic (exact) mass is 695 g/mol. The minimum absolute atomic E-state index is 0. The molecule has 202 valence electrons. The number of allylic oxidation sites excluding steroid dienone is 2. The van der Waals surface area contributed by atoms with Gasteiger partial charge in [-0.05, 0) is 61.4 Å². The van der Waals surface area contributed by atoms with Crippen LogP contribution in [0.25, 0.3) is 21.9 Å². The molecule has 7 heteroatoms. The Balaban J connectivity index is 0.00000323. The van der Waals surface area contributed by atoms with Gasteiger partial charge in [-0.2, -0.15) is 4.57 Å². The van der Waals surface area contributed by atoms with Gasteiger partial charge in [0.15, 0.2) is 0 Å². The van der Waals surface area contributed by atoms with Crippen molar-refractivity contribution in [2.24, 2.45) is 0 Å². The molecular formula is C33H28Cl2IN3S. The van der Waals surface area contributed by atoms with Crippen molar-refractivity contribution in [3.63, 3.8) is 0 Å². The Labute approximate surface area is 266 Å². The highest BCUT2D eigenvalue weighted by molar-refractivity contribution is 7.18. The van der Waals surface area contributed by atoms with Gasteiger partial charge in [-0.1, -0.05) is 95.2 Å². The molecule has 1 aliphatic rings. The van der Waals surface area contributed by atoms with Gasteiger partial charge in [-0.15, -0.1) is 0 Å². The number of hydrogen-bond donors (Lipinski definition) is 0. The van der Waals surface area contributed by atoms with E-state index >= 15 is 0 Å². The lowest BCUT2D eigenvalue weighted by molar-refractivity contribution is -0.665. The minimum Gasteiger partial charge on any atom is -1.00 e. The van der Waals surface area contributed by atoms with E-state index in [0.29, 0.717) is 10.0 Å². The maximum absolute atomic E-state index is 6.56. The maximum Gasteiger partial charge on any atom is 0.263 e. The molecule has 0 spiro atoms. The Morgan fingerprint density at radius 3 is 2.12 bits per heavy atom. The van der Waals surface area contributed by atoms with Crippen LogP contribution in [0.4, 0.5) is 17.1 Å². The molecule has 0 unspecified atom stereocenters. The molecule has 1 aromatic heterocycles. The zero-order valence-corrected chi connectivity index (χ0v) is 26.7. The number of para-hydroxylation sites is 2. The molecule has 2 heterocycles. The molecule has 0 saturated heterocycles. The second-order valence-electron chi connectivity index (χ2n) is 9.29. The molecule has 0 N–H and O–H groups in total. The largest absolute Gasteiger partial charge is 1.00 e. The van der Waals surface area contributed by atoms with Gasteiger partial charge in [0.25, 0.3) is 5.01 Å². The number of nitrogens with zero attached hydrogens (tertiary/aromatic N) is 3. The Kier molecular flexibility index (Phi) is 8.86. The fourth-order valence-electron chi connectivity index (χ4n) is 5.21. The highest BCUT2D eigenvalue weighted by Crippen LogP contribution is 2.49. The highest BCUT2D eigenvalue weighted by atomic mass is 127. The number of halogens is 3. The van der Waals surface area contributed by atoms with E-state index in [9.17, 15) is 0 Å². The molecule has 0 aliphatic carbocycles. The van der Waals surface area contributed by atoms with E-state index in [2.05, 4.69) is 119 Å². The lowest BCUT2D eigenvalue weighted by atomic mass is 10.0. The number of aromatic nitrogens is 1. The molecule has 0 radical (unpaired) electrons. The Morgan fingerprint density at radius 1 is 0.825 bits per heavy atom. The van der Waals surface area contributed by atoms with E-state index in [-0.39, 0.29) is 24.0 Å². The van der Waals surface area contributed by atoms with Gasteiger partial charge in [0.1, 0.15) is 17.1 Å². The molecule has 0 saturated carbocycles. The van der Waals surface area contributed by atoms with Crippen LogP contribution in [0.5, 0.6) is 0 Å². The smallest absolute Gasteiger partial charge is 0.263 e. The average molecular weight is 696 g/mol. The standard InChI is InChI=1S/C33H28Cl2N3S.HI/c1-3-36-29-21-26(34)27(35)22-30(29)38(25-15-9-6-10-16-25)32(36)19-24(23-13-7-5-8-14-23)20-33-37(4-2)28-17-11-12-18-31(28)39-33;/h5-22H,3-4H2,1-2H3;1H/q+1;/p-1. The van der Waals surface area contributed by atoms with Crippen LogP contribution in [-0.2, 0) is 6.54 Å². The lowest BCUT2D eigenvalue weighted by Crippen LogP contribution is -3.00. The first-order valence-corrected chi connectivity index (χ1v) is 14.7. The summed E-state index contributed by atoms with van der Waals surface area (Å²) < 4.78 is 3.67. The predicted molar refractivity (Wildman–Crippen MR) is 168 cm³/mol. The van der Waals surface area contributed by atoms with Crippen molar-refractivity contribution in [2.75, 3.05) is 16.3 Å². The Hall–Kier alpha value is -2.84. The molecule has 0 atom stereocenters. The first-order chi connectivity index (χ1) is 19.1. The minimum atomic E-state index is 0. The molecule has 0 bridgehead atoms. The van der Waals surface area contributed by atoms with Crippen molar-refractivity contribution < 1.29 is 28.5 Å². The number of benzene rings is 4. The van der Waals surface area contributed by atoms with Crippen molar-refractivity contribution in [2.45, 2.75) is 20.4 Å². The first-order valence-electron chi connectivity index (χ1n) is 13.1. The summed E-state index contributed by atoms with van der Waals surface area (Å²) in [4.78, 5) is 4.58. The van der Waals surface area contributed by atoms with Gasteiger partial charge < -0.3 is 28.9 Å². The molecule has 40 heavy (non-hydrogen) atoms. The van der Waals surface area contributed by atoms with Crippen LogP contribution in [0.2, 0.25) is 10.0 Å². The van der Waals surface area contributed by atoms with Gasteiger partial charge in [0, 0.05) is 24.4 Å². The molecule has 0 amide bonds. The normalized spacial score (nSPS) is 14.1. The van der Waals surface area contributed by atoms with E-state index in [4.69, 9.17) is 23.2 Å². The summed E-state index contributed by atoms with van der Waals surface area (Å²) in [6.07, 6.45) is 4.61. The van der Waals surface area contributed by atoms with Crippen LogP contribution in [0.1, 0.15) is 24.4 Å². The fourth-order valence-corrected chi connectivity index (χ4v) is 6.70. The van der Waals surface area contributed by atoms with E-state index in [1.54, 1.807) is 0 Å². The van der Waals surface area contributed by atoms with Crippen LogP contribution in [0, 0.1) is 0 Å². The SMILES string of the molecule is CCN1/C(=C/C(=C/c2sc3ccccc3[n+]2CC)c2ccccc2)N(c2ccccc2)c2cc(Cl)c(Cl)cc21.[I-]. The van der Waals surface area contributed by atoms with E-state index in [0.717, 1.165) is 47.1 Å². The van der Waals surface area contributed by atoms with Crippen molar-refractivity contribution in [3.05, 3.63) is 130 Å². The van der Waals surface area contributed by atoms with Crippen molar-refractivity contribution in [1.82, 2.24) is 0 Å². The van der Waals surface area contributed by atoms with Crippen LogP contribution in [0.15, 0.2) is 109 Å². The van der Waals surface area contributed by atoms with Crippen LogP contribution < -0.4 is 38.3 Å². The van der Waals surface area contributed by atoms with Crippen molar-refractivity contribution >= 4 is 73.5 Å². The second kappa shape index (κ2) is 12.4. The number of anilines is 3. The molecule has 3 nitrogen and oxygen atoms in total. The quantitative estimate of drug-likeness (QED) is 0.147. The topological polar surface area (TPSA) is 10.4 Å². The summed E-state index contributed by atoms with van der Waals surface area (Å²) in [5, 5.41) is 2.31. The fraction of sp³-hybridized carbons (Fsp3) is 0.121. The van der Waals surface area contributed by atoms with Gasteiger partial charge in [-0.3, -0.25) is 4.90 Å². The van der Waals surface area contributed by atoms with Gasteiger partial charge >= 0.3 is 0 Å². The van der Waals surface area contributed by atoms with E-state index < -0.39 is 0 Å². The summed E-state index contributed by atoms with van der Waals surface area (Å²) in [6, 6.07) is 33.6. The number of thiazole rings is 1. The van der Waals surface area contributed by atoms with Crippen LogP contribution in [-0.4, -0.2) is 6.54 Å². The number of rotatable bonds is 6. The maximum atomic E-state index is 6.56.